The lowest BCUT2D eigenvalue weighted by molar-refractivity contribution is 0.297. The highest BCUT2D eigenvalue weighted by molar-refractivity contribution is 5.07. The molecular weight excluding hydrogens is 234 g/mol. The van der Waals surface area contributed by atoms with Gasteiger partial charge in [0.2, 0.25) is 0 Å². The van der Waals surface area contributed by atoms with Gasteiger partial charge in [-0.3, -0.25) is 4.98 Å². The molecule has 3 heteroatoms. The molecule has 0 saturated heterocycles. The highest BCUT2D eigenvalue weighted by Crippen LogP contribution is 2.17. The first-order valence-electron chi connectivity index (χ1n) is 7.53. The molecule has 1 unspecified atom stereocenters. The van der Waals surface area contributed by atoms with Gasteiger partial charge in [0.05, 0.1) is 0 Å². The van der Waals surface area contributed by atoms with Gasteiger partial charge in [-0.25, -0.2) is 0 Å². The SMILES string of the molecule is CCCC(CCN)CCCN(C)Cc1cccnc1. The van der Waals surface area contributed by atoms with E-state index in [0.29, 0.717) is 0 Å². The lowest BCUT2D eigenvalue weighted by atomic mass is 9.94. The van der Waals surface area contributed by atoms with Crippen LogP contribution in [0.4, 0.5) is 0 Å². The molecule has 0 amide bonds. The molecule has 0 aromatic carbocycles. The molecule has 3 nitrogen and oxygen atoms in total. The first-order chi connectivity index (χ1) is 9.26. The second-order valence-corrected chi connectivity index (χ2v) is 5.47. The molecule has 0 bridgehead atoms. The van der Waals surface area contributed by atoms with E-state index in [9.17, 15) is 0 Å². The second-order valence-electron chi connectivity index (χ2n) is 5.47. The Hall–Kier alpha value is -0.930. The van der Waals surface area contributed by atoms with Gasteiger partial charge in [-0.15, -0.1) is 0 Å². The molecule has 2 N–H and O–H groups in total. The van der Waals surface area contributed by atoms with Crippen LogP contribution in [0.1, 0.15) is 44.6 Å². The third-order valence-corrected chi connectivity index (χ3v) is 3.60. The summed E-state index contributed by atoms with van der Waals surface area (Å²) in [6.07, 6.45) is 10.1. The van der Waals surface area contributed by atoms with Crippen molar-refractivity contribution in [2.45, 2.75) is 45.6 Å². The van der Waals surface area contributed by atoms with Crippen LogP contribution in [-0.4, -0.2) is 30.0 Å². The van der Waals surface area contributed by atoms with Gasteiger partial charge in [-0.2, -0.15) is 0 Å². The van der Waals surface area contributed by atoms with E-state index in [2.05, 4.69) is 29.9 Å². The van der Waals surface area contributed by atoms with E-state index in [4.69, 9.17) is 5.73 Å². The van der Waals surface area contributed by atoms with Gasteiger partial charge in [0.25, 0.3) is 0 Å². The topological polar surface area (TPSA) is 42.1 Å². The maximum absolute atomic E-state index is 5.68. The fourth-order valence-electron chi connectivity index (χ4n) is 2.61. The van der Waals surface area contributed by atoms with Gasteiger partial charge < -0.3 is 10.6 Å². The normalized spacial score (nSPS) is 12.8. The van der Waals surface area contributed by atoms with Crippen LogP contribution in [0.15, 0.2) is 24.5 Å². The highest BCUT2D eigenvalue weighted by atomic mass is 15.1. The molecule has 0 saturated carbocycles. The minimum atomic E-state index is 0.821. The maximum atomic E-state index is 5.68. The van der Waals surface area contributed by atoms with Crippen LogP contribution in [0.25, 0.3) is 0 Å². The van der Waals surface area contributed by atoms with Crippen LogP contribution in [0.5, 0.6) is 0 Å². The van der Waals surface area contributed by atoms with Crippen molar-refractivity contribution in [2.24, 2.45) is 11.7 Å². The van der Waals surface area contributed by atoms with E-state index in [0.717, 1.165) is 25.6 Å². The largest absolute Gasteiger partial charge is 0.330 e. The maximum Gasteiger partial charge on any atom is 0.0312 e. The van der Waals surface area contributed by atoms with Gasteiger partial charge in [-0.05, 0) is 56.9 Å². The number of pyridine rings is 1. The average Bonchev–Trinajstić information content (AvgIpc) is 2.40. The standard InChI is InChI=1S/C16H29N3/c1-3-6-15(9-10-17)8-5-12-19(2)14-16-7-4-11-18-13-16/h4,7,11,13,15H,3,5-6,8-10,12,14,17H2,1-2H3. The van der Waals surface area contributed by atoms with E-state index in [1.807, 2.05) is 18.5 Å². The summed E-state index contributed by atoms with van der Waals surface area (Å²) in [5.41, 5.74) is 6.96. The molecule has 108 valence electrons. The number of nitrogens with zero attached hydrogens (tertiary/aromatic N) is 2. The van der Waals surface area contributed by atoms with Gasteiger partial charge in [0.15, 0.2) is 0 Å². The Labute approximate surface area is 118 Å². The molecule has 0 spiro atoms. The minimum Gasteiger partial charge on any atom is -0.330 e. The Bertz CT molecular complexity index is 307. The van der Waals surface area contributed by atoms with Gasteiger partial charge in [-0.1, -0.05) is 25.8 Å². The number of nitrogens with two attached hydrogens (primary N) is 1. The van der Waals surface area contributed by atoms with Crippen LogP contribution in [0, 0.1) is 5.92 Å². The van der Waals surface area contributed by atoms with Crippen molar-refractivity contribution >= 4 is 0 Å². The summed E-state index contributed by atoms with van der Waals surface area (Å²) in [5.74, 6) is 0.821. The van der Waals surface area contributed by atoms with Crippen LogP contribution < -0.4 is 5.73 Å². The second kappa shape index (κ2) is 9.93. The molecule has 1 rings (SSSR count). The molecule has 0 fully saturated rings. The quantitative estimate of drug-likeness (QED) is 0.705. The van der Waals surface area contributed by atoms with Crippen LogP contribution in [0.3, 0.4) is 0 Å². The Morgan fingerprint density at radius 1 is 1.32 bits per heavy atom. The molecule has 1 aromatic rings. The zero-order chi connectivity index (χ0) is 13.9. The summed E-state index contributed by atoms with van der Waals surface area (Å²) in [4.78, 5) is 6.53. The van der Waals surface area contributed by atoms with Crippen molar-refractivity contribution in [3.63, 3.8) is 0 Å². The molecule has 19 heavy (non-hydrogen) atoms. The minimum absolute atomic E-state index is 0.821. The Morgan fingerprint density at radius 2 is 2.16 bits per heavy atom. The predicted molar refractivity (Wildman–Crippen MR) is 81.9 cm³/mol. The van der Waals surface area contributed by atoms with Crippen molar-refractivity contribution in [1.82, 2.24) is 9.88 Å². The molecule has 0 radical (unpaired) electrons. The number of aromatic nitrogens is 1. The van der Waals surface area contributed by atoms with Crippen LogP contribution in [-0.2, 0) is 6.54 Å². The van der Waals surface area contributed by atoms with Gasteiger partial charge >= 0.3 is 0 Å². The Morgan fingerprint density at radius 3 is 2.79 bits per heavy atom. The zero-order valence-electron chi connectivity index (χ0n) is 12.5. The summed E-state index contributed by atoms with van der Waals surface area (Å²) in [6, 6.07) is 4.14. The van der Waals surface area contributed by atoms with Crippen molar-refractivity contribution in [3.8, 4) is 0 Å². The summed E-state index contributed by atoms with van der Waals surface area (Å²) < 4.78 is 0. The fourth-order valence-corrected chi connectivity index (χ4v) is 2.61. The molecule has 0 aliphatic rings. The van der Waals surface area contributed by atoms with E-state index in [1.165, 1.54) is 37.7 Å². The van der Waals surface area contributed by atoms with E-state index < -0.39 is 0 Å². The van der Waals surface area contributed by atoms with E-state index in [-0.39, 0.29) is 0 Å². The van der Waals surface area contributed by atoms with Gasteiger partial charge in [0, 0.05) is 18.9 Å². The molecular formula is C16H29N3. The zero-order valence-corrected chi connectivity index (χ0v) is 12.5. The van der Waals surface area contributed by atoms with Crippen LogP contribution in [0.2, 0.25) is 0 Å². The third-order valence-electron chi connectivity index (χ3n) is 3.60. The lowest BCUT2D eigenvalue weighted by Crippen LogP contribution is -2.20. The molecule has 0 aliphatic carbocycles. The lowest BCUT2D eigenvalue weighted by Gasteiger charge is -2.19. The third kappa shape index (κ3) is 7.28. The Kier molecular flexibility index (Phi) is 8.43. The Balaban J connectivity index is 2.20. The fraction of sp³-hybridized carbons (Fsp3) is 0.688. The van der Waals surface area contributed by atoms with Crippen molar-refractivity contribution < 1.29 is 0 Å². The van der Waals surface area contributed by atoms with Crippen molar-refractivity contribution in [1.29, 1.82) is 0 Å². The summed E-state index contributed by atoms with van der Waals surface area (Å²) in [6.45, 7) is 5.23. The smallest absolute Gasteiger partial charge is 0.0312 e. The molecule has 1 heterocycles. The van der Waals surface area contributed by atoms with Crippen molar-refractivity contribution in [3.05, 3.63) is 30.1 Å². The summed E-state index contributed by atoms with van der Waals surface area (Å²) in [5, 5.41) is 0. The number of rotatable bonds is 10. The molecule has 1 aromatic heterocycles. The van der Waals surface area contributed by atoms with Crippen LogP contribution >= 0.6 is 0 Å². The molecule has 1 atom stereocenters. The first-order valence-corrected chi connectivity index (χ1v) is 7.53. The van der Waals surface area contributed by atoms with Crippen molar-refractivity contribution in [2.75, 3.05) is 20.1 Å². The van der Waals surface area contributed by atoms with Gasteiger partial charge in [0.1, 0.15) is 0 Å². The predicted octanol–water partition coefficient (Wildman–Crippen LogP) is 3.06. The number of hydrogen-bond acceptors (Lipinski definition) is 3. The summed E-state index contributed by atoms with van der Waals surface area (Å²) >= 11 is 0. The first kappa shape index (κ1) is 16.1. The van der Waals surface area contributed by atoms with E-state index >= 15 is 0 Å². The summed E-state index contributed by atoms with van der Waals surface area (Å²) in [7, 11) is 2.19. The molecule has 0 aliphatic heterocycles. The number of hydrogen-bond donors (Lipinski definition) is 1. The highest BCUT2D eigenvalue weighted by Gasteiger charge is 2.07. The monoisotopic (exact) mass is 263 g/mol. The van der Waals surface area contributed by atoms with E-state index in [1.54, 1.807) is 0 Å². The average molecular weight is 263 g/mol.